The zero-order valence-corrected chi connectivity index (χ0v) is 14.1. The minimum atomic E-state index is -1.08. The molecule has 0 aliphatic carbocycles. The van der Waals surface area contributed by atoms with Crippen molar-refractivity contribution in [2.45, 2.75) is 48.5 Å². The molecule has 0 aromatic heterocycles. The van der Waals surface area contributed by atoms with Gasteiger partial charge in [0.05, 0.1) is 0 Å². The van der Waals surface area contributed by atoms with Crippen molar-refractivity contribution < 1.29 is 0 Å². The van der Waals surface area contributed by atoms with Crippen molar-refractivity contribution in [1.29, 1.82) is 0 Å². The number of nitrogens with zero attached hydrogens (tertiary/aromatic N) is 2. The van der Waals surface area contributed by atoms with Gasteiger partial charge >= 0.3 is 0 Å². The highest BCUT2D eigenvalue weighted by molar-refractivity contribution is 6.58. The van der Waals surface area contributed by atoms with Crippen molar-refractivity contribution in [2.75, 3.05) is 26.2 Å². The molecule has 102 valence electrons. The zero-order chi connectivity index (χ0) is 13.5. The van der Waals surface area contributed by atoms with Crippen LogP contribution in [0.25, 0.3) is 0 Å². The van der Waals surface area contributed by atoms with Crippen LogP contribution in [0, 0.1) is 5.41 Å². The van der Waals surface area contributed by atoms with E-state index in [-0.39, 0.29) is 0 Å². The maximum absolute atomic E-state index is 2.65. The van der Waals surface area contributed by atoms with Crippen molar-refractivity contribution in [2.24, 2.45) is 5.41 Å². The molecule has 3 heteroatoms. The van der Waals surface area contributed by atoms with Gasteiger partial charge in [-0.2, -0.15) is 0 Å². The van der Waals surface area contributed by atoms with E-state index in [4.69, 9.17) is 0 Å². The lowest BCUT2D eigenvalue weighted by Gasteiger charge is -2.35. The fourth-order valence-corrected chi connectivity index (χ4v) is 5.24. The van der Waals surface area contributed by atoms with Gasteiger partial charge in [0.25, 0.3) is 0 Å². The predicted molar refractivity (Wildman–Crippen MR) is 81.6 cm³/mol. The van der Waals surface area contributed by atoms with E-state index in [2.05, 4.69) is 69.4 Å². The molecule has 0 aromatic rings. The molecule has 0 rings (SSSR count). The minimum Gasteiger partial charge on any atom is -0.312 e. The van der Waals surface area contributed by atoms with Crippen LogP contribution in [0.4, 0.5) is 0 Å². The third-order valence-corrected chi connectivity index (χ3v) is 6.64. The summed E-state index contributed by atoms with van der Waals surface area (Å²) in [5.74, 6) is 0. The summed E-state index contributed by atoms with van der Waals surface area (Å²) in [4.78, 5) is 0. The van der Waals surface area contributed by atoms with Crippen molar-refractivity contribution in [3.05, 3.63) is 11.8 Å². The van der Waals surface area contributed by atoms with Crippen LogP contribution in [0.1, 0.15) is 48.5 Å². The lowest BCUT2D eigenvalue weighted by molar-refractivity contribution is 0.386. The summed E-state index contributed by atoms with van der Waals surface area (Å²) in [6.45, 7) is 20.6. The van der Waals surface area contributed by atoms with E-state index in [9.17, 15) is 0 Å². The Morgan fingerprint density at radius 2 is 1.18 bits per heavy atom. The van der Waals surface area contributed by atoms with Gasteiger partial charge in [0.2, 0.25) is 9.12 Å². The second-order valence-electron chi connectivity index (χ2n) is 5.58. The molecule has 0 radical (unpaired) electrons. The molecule has 0 N–H and O–H groups in total. The molecule has 0 aliphatic rings. The predicted octanol–water partition coefficient (Wildman–Crippen LogP) is 3.03. The molecule has 0 heterocycles. The van der Waals surface area contributed by atoms with Crippen LogP contribution >= 0.6 is 0 Å². The molecule has 0 aromatic carbocycles. The highest BCUT2D eigenvalue weighted by Gasteiger charge is 2.21. The Hall–Kier alpha value is -0.123. The summed E-state index contributed by atoms with van der Waals surface area (Å²) >= 11 is 0. The lowest BCUT2D eigenvalue weighted by atomic mass is 9.98. The number of hydrogen-bond acceptors (Lipinski definition) is 2. The molecule has 2 nitrogen and oxygen atoms in total. The maximum Gasteiger partial charge on any atom is 0.215 e. The largest absolute Gasteiger partial charge is 0.312 e. The normalized spacial score (nSPS) is 13.5. The van der Waals surface area contributed by atoms with Gasteiger partial charge in [0, 0.05) is 0 Å². The van der Waals surface area contributed by atoms with Gasteiger partial charge in [-0.05, 0) is 31.6 Å². The summed E-state index contributed by atoms with van der Waals surface area (Å²) in [6.07, 6.45) is 2.40. The van der Waals surface area contributed by atoms with E-state index in [0.717, 1.165) is 0 Å². The van der Waals surface area contributed by atoms with Gasteiger partial charge in [-0.15, -0.1) is 0 Å². The molecule has 0 atom stereocenters. The Kier molecular flexibility index (Phi) is 8.00. The Morgan fingerprint density at radius 3 is 1.41 bits per heavy atom. The fourth-order valence-electron chi connectivity index (χ4n) is 2.04. The van der Waals surface area contributed by atoms with Gasteiger partial charge < -0.3 is 9.13 Å². The first kappa shape index (κ1) is 16.9. The molecule has 0 aliphatic heterocycles. The minimum absolute atomic E-state index is 0.297. The van der Waals surface area contributed by atoms with Crippen molar-refractivity contribution in [1.82, 2.24) is 9.13 Å². The van der Waals surface area contributed by atoms with Crippen LogP contribution < -0.4 is 0 Å². The first-order valence-corrected chi connectivity index (χ1v) is 8.76. The highest BCUT2D eigenvalue weighted by Crippen LogP contribution is 2.16. The van der Waals surface area contributed by atoms with E-state index in [1.165, 1.54) is 26.2 Å². The molecule has 0 saturated heterocycles. The smallest absolute Gasteiger partial charge is 0.215 e. The Bertz CT molecular complexity index is 201. The van der Waals surface area contributed by atoms with Crippen LogP contribution in [-0.2, 0) is 0 Å². The molecule has 0 unspecified atom stereocenters. The highest BCUT2D eigenvalue weighted by atomic mass is 28.3. The Morgan fingerprint density at radius 1 is 0.824 bits per heavy atom. The summed E-state index contributed by atoms with van der Waals surface area (Å²) in [5, 5.41) is 0. The van der Waals surface area contributed by atoms with Crippen LogP contribution in [0.3, 0.4) is 0 Å². The molecular weight excluding hydrogens is 224 g/mol. The maximum atomic E-state index is 2.65. The van der Waals surface area contributed by atoms with E-state index in [1.54, 1.807) is 0 Å². The second-order valence-corrected chi connectivity index (χ2v) is 8.25. The number of rotatable bonds is 7. The zero-order valence-electron chi connectivity index (χ0n) is 13.0. The number of allylic oxidation sites excluding steroid dienone is 1. The SMILES string of the molecule is CCN(CC)[SiH](C=CC(C)(C)C)N(CC)CC. The molecule has 0 amide bonds. The summed E-state index contributed by atoms with van der Waals surface area (Å²) in [5.41, 5.74) is 2.81. The number of hydrogen-bond donors (Lipinski definition) is 0. The van der Waals surface area contributed by atoms with Gasteiger partial charge in [0.1, 0.15) is 0 Å². The molecule has 0 bridgehead atoms. The molecule has 0 spiro atoms. The standard InChI is InChI=1S/C14H32N2Si/c1-8-15(9-2)17(16(10-3)11-4)13-12-14(5,6)7/h12-13,17H,8-11H2,1-7H3. The van der Waals surface area contributed by atoms with Gasteiger partial charge in [-0.3, -0.25) is 0 Å². The van der Waals surface area contributed by atoms with Crippen LogP contribution in [0.2, 0.25) is 0 Å². The van der Waals surface area contributed by atoms with Gasteiger partial charge in [0.15, 0.2) is 0 Å². The Balaban J connectivity index is 4.89. The van der Waals surface area contributed by atoms with Crippen molar-refractivity contribution in [3.8, 4) is 0 Å². The first-order chi connectivity index (χ1) is 7.89. The third-order valence-electron chi connectivity index (χ3n) is 3.14. The molecule has 17 heavy (non-hydrogen) atoms. The molecule has 0 saturated carbocycles. The Labute approximate surface area is 110 Å². The van der Waals surface area contributed by atoms with Gasteiger partial charge in [-0.25, -0.2) is 0 Å². The van der Waals surface area contributed by atoms with Crippen LogP contribution in [-0.4, -0.2) is 44.4 Å². The van der Waals surface area contributed by atoms with E-state index in [0.29, 0.717) is 5.41 Å². The van der Waals surface area contributed by atoms with Crippen LogP contribution in [0.5, 0.6) is 0 Å². The summed E-state index contributed by atoms with van der Waals surface area (Å²) < 4.78 is 5.30. The summed E-state index contributed by atoms with van der Waals surface area (Å²) in [6, 6.07) is 0. The van der Waals surface area contributed by atoms with Crippen LogP contribution in [0.15, 0.2) is 11.8 Å². The average molecular weight is 257 g/mol. The monoisotopic (exact) mass is 256 g/mol. The van der Waals surface area contributed by atoms with Crippen molar-refractivity contribution in [3.63, 3.8) is 0 Å². The molecule has 0 fully saturated rings. The summed E-state index contributed by atoms with van der Waals surface area (Å²) in [7, 11) is -1.08. The third kappa shape index (κ3) is 6.39. The fraction of sp³-hybridized carbons (Fsp3) is 0.857. The molecular formula is C14H32N2Si. The second kappa shape index (κ2) is 8.06. The van der Waals surface area contributed by atoms with E-state index >= 15 is 0 Å². The quantitative estimate of drug-likeness (QED) is 0.646. The first-order valence-electron chi connectivity index (χ1n) is 7.07. The van der Waals surface area contributed by atoms with E-state index < -0.39 is 9.12 Å². The lowest BCUT2D eigenvalue weighted by Crippen LogP contribution is -2.51. The topological polar surface area (TPSA) is 6.48 Å². The average Bonchev–Trinajstić information content (AvgIpc) is 2.26. The van der Waals surface area contributed by atoms with Crippen molar-refractivity contribution >= 4 is 9.12 Å². The van der Waals surface area contributed by atoms with Gasteiger partial charge in [-0.1, -0.05) is 60.2 Å². The van der Waals surface area contributed by atoms with E-state index in [1.807, 2.05) is 0 Å².